The molecule has 0 bridgehead atoms. The summed E-state index contributed by atoms with van der Waals surface area (Å²) >= 11 is 0. The predicted molar refractivity (Wildman–Crippen MR) is 87.0 cm³/mol. The molecule has 1 amide bonds. The Bertz CT molecular complexity index is 817. The molecule has 1 fully saturated rings. The molecule has 1 aromatic heterocycles. The van der Waals surface area contributed by atoms with E-state index in [1.54, 1.807) is 11.7 Å². The van der Waals surface area contributed by atoms with Crippen LogP contribution in [-0.2, 0) is 23.2 Å². The van der Waals surface area contributed by atoms with Crippen LogP contribution < -0.4 is 10.4 Å². The van der Waals surface area contributed by atoms with E-state index >= 15 is 0 Å². The van der Waals surface area contributed by atoms with Crippen LogP contribution in [0.4, 0.5) is 0 Å². The lowest BCUT2D eigenvalue weighted by Crippen LogP contribution is -2.41. The Labute approximate surface area is 139 Å². The summed E-state index contributed by atoms with van der Waals surface area (Å²) in [5, 5.41) is 6.51. The third kappa shape index (κ3) is 2.31. The van der Waals surface area contributed by atoms with Crippen molar-refractivity contribution in [3.8, 4) is 5.75 Å². The number of nitrogens with one attached hydrogen (secondary N) is 1. The highest BCUT2D eigenvalue weighted by Crippen LogP contribution is 2.50. The van der Waals surface area contributed by atoms with Crippen LogP contribution in [0.2, 0.25) is 0 Å². The van der Waals surface area contributed by atoms with Crippen LogP contribution in [0.15, 0.2) is 29.1 Å². The fourth-order valence-corrected chi connectivity index (χ4v) is 3.51. The Kier molecular flexibility index (Phi) is 3.44. The lowest BCUT2D eigenvalue weighted by atomic mass is 9.94. The van der Waals surface area contributed by atoms with Crippen molar-refractivity contribution in [3.05, 3.63) is 46.1 Å². The van der Waals surface area contributed by atoms with E-state index in [0.29, 0.717) is 26.1 Å². The number of benzene rings is 1. The van der Waals surface area contributed by atoms with Crippen LogP contribution in [-0.4, -0.2) is 45.8 Å². The fraction of sp³-hybridized carbons (Fsp3) is 0.471. The summed E-state index contributed by atoms with van der Waals surface area (Å²) in [5.41, 5.74) is 0.453. The third-order valence-corrected chi connectivity index (χ3v) is 5.13. The van der Waals surface area contributed by atoms with Gasteiger partial charge in [-0.05, 0) is 30.5 Å². The number of aromatic nitrogens is 3. The summed E-state index contributed by atoms with van der Waals surface area (Å²) in [4.78, 5) is 26.7. The van der Waals surface area contributed by atoms with Crippen molar-refractivity contribution < 1.29 is 9.53 Å². The number of hydrogen-bond donors (Lipinski definition) is 1. The molecule has 1 aliphatic heterocycles. The predicted octanol–water partition coefficient (Wildman–Crippen LogP) is 0.696. The van der Waals surface area contributed by atoms with Crippen molar-refractivity contribution in [2.75, 3.05) is 20.2 Å². The normalized spacial score (nSPS) is 18.6. The first-order chi connectivity index (χ1) is 11.6. The van der Waals surface area contributed by atoms with Crippen molar-refractivity contribution in [1.82, 2.24) is 19.7 Å². The smallest absolute Gasteiger partial charge is 0.343 e. The first kappa shape index (κ1) is 15.0. The summed E-state index contributed by atoms with van der Waals surface area (Å²) in [5.74, 6) is 1.68. The zero-order chi connectivity index (χ0) is 16.7. The van der Waals surface area contributed by atoms with Crippen LogP contribution in [0.1, 0.15) is 24.2 Å². The molecule has 1 aromatic carbocycles. The van der Waals surface area contributed by atoms with Crippen molar-refractivity contribution in [2.24, 2.45) is 0 Å². The van der Waals surface area contributed by atoms with Gasteiger partial charge in [0.15, 0.2) is 0 Å². The lowest BCUT2D eigenvalue weighted by molar-refractivity contribution is -0.134. The lowest BCUT2D eigenvalue weighted by Gasteiger charge is -2.26. The molecule has 7 nitrogen and oxygen atoms in total. The van der Waals surface area contributed by atoms with Gasteiger partial charge in [0.25, 0.3) is 0 Å². The van der Waals surface area contributed by atoms with Gasteiger partial charge in [-0.1, -0.05) is 12.1 Å². The average molecular weight is 328 g/mol. The van der Waals surface area contributed by atoms with Crippen molar-refractivity contribution >= 4 is 5.91 Å². The maximum atomic E-state index is 13.1. The van der Waals surface area contributed by atoms with Crippen LogP contribution in [0.3, 0.4) is 0 Å². The number of rotatable bonds is 3. The van der Waals surface area contributed by atoms with Gasteiger partial charge in [0.2, 0.25) is 5.91 Å². The maximum absolute atomic E-state index is 13.1. The number of methoxy groups -OCH3 is 1. The standard InChI is InChI=1S/C17H20N4O3/c1-24-13-4-2-12(3-5-13)17(7-8-17)15(22)20-9-6-14-18-19-16(23)21(14)11-10-20/h2-5H,6-11H2,1H3,(H,19,23). The van der Waals surface area contributed by atoms with E-state index in [9.17, 15) is 9.59 Å². The van der Waals surface area contributed by atoms with Crippen LogP contribution in [0.5, 0.6) is 5.75 Å². The molecule has 0 unspecified atom stereocenters. The van der Waals surface area contributed by atoms with Crippen LogP contribution >= 0.6 is 0 Å². The number of nitrogens with zero attached hydrogens (tertiary/aromatic N) is 3. The molecule has 7 heteroatoms. The molecule has 2 aliphatic rings. The molecule has 2 heterocycles. The first-order valence-corrected chi connectivity index (χ1v) is 8.22. The van der Waals surface area contributed by atoms with E-state index in [4.69, 9.17) is 4.74 Å². The zero-order valence-corrected chi connectivity index (χ0v) is 13.6. The Morgan fingerprint density at radius 1 is 1.21 bits per heavy atom. The first-order valence-electron chi connectivity index (χ1n) is 8.22. The molecule has 4 rings (SSSR count). The molecule has 24 heavy (non-hydrogen) atoms. The summed E-state index contributed by atoms with van der Waals surface area (Å²) in [6, 6.07) is 7.77. The summed E-state index contributed by atoms with van der Waals surface area (Å²) in [6.07, 6.45) is 2.35. The Morgan fingerprint density at radius 2 is 1.96 bits per heavy atom. The summed E-state index contributed by atoms with van der Waals surface area (Å²) in [7, 11) is 1.63. The van der Waals surface area contributed by atoms with Crippen molar-refractivity contribution in [1.29, 1.82) is 0 Å². The average Bonchev–Trinajstić information content (AvgIpc) is 3.38. The number of carbonyl (C=O) groups is 1. The minimum atomic E-state index is -0.398. The summed E-state index contributed by atoms with van der Waals surface area (Å²) < 4.78 is 6.82. The number of hydrogen-bond acceptors (Lipinski definition) is 4. The molecular weight excluding hydrogens is 308 g/mol. The number of carbonyl (C=O) groups excluding carboxylic acids is 1. The summed E-state index contributed by atoms with van der Waals surface area (Å²) in [6.45, 7) is 1.64. The minimum absolute atomic E-state index is 0.162. The van der Waals surface area contributed by atoms with E-state index in [1.165, 1.54) is 0 Å². The molecule has 2 aromatic rings. The maximum Gasteiger partial charge on any atom is 0.343 e. The molecule has 126 valence electrons. The topological polar surface area (TPSA) is 80.2 Å². The Hall–Kier alpha value is -2.57. The molecule has 0 atom stereocenters. The van der Waals surface area contributed by atoms with E-state index in [-0.39, 0.29) is 11.6 Å². The fourth-order valence-electron chi connectivity index (χ4n) is 3.51. The van der Waals surface area contributed by atoms with Crippen molar-refractivity contribution in [3.63, 3.8) is 0 Å². The Balaban J connectivity index is 1.54. The van der Waals surface area contributed by atoms with Crippen LogP contribution in [0.25, 0.3) is 0 Å². The molecule has 1 N–H and O–H groups in total. The highest BCUT2D eigenvalue weighted by molar-refractivity contribution is 5.91. The molecular formula is C17H20N4O3. The van der Waals surface area contributed by atoms with Gasteiger partial charge in [0.05, 0.1) is 12.5 Å². The number of amides is 1. The number of ether oxygens (including phenoxy) is 1. The van der Waals surface area contributed by atoms with Gasteiger partial charge < -0.3 is 9.64 Å². The largest absolute Gasteiger partial charge is 0.497 e. The molecule has 0 spiro atoms. The second kappa shape index (κ2) is 5.51. The van der Waals surface area contributed by atoms with E-state index in [0.717, 1.165) is 30.0 Å². The SMILES string of the molecule is COc1ccc(C2(C(=O)N3CCc4n[nH]c(=O)n4CC3)CC2)cc1. The van der Waals surface area contributed by atoms with Gasteiger partial charge in [-0.25, -0.2) is 9.89 Å². The highest BCUT2D eigenvalue weighted by atomic mass is 16.5. The molecule has 1 aliphatic carbocycles. The van der Waals surface area contributed by atoms with Gasteiger partial charge >= 0.3 is 5.69 Å². The monoisotopic (exact) mass is 328 g/mol. The molecule has 1 saturated carbocycles. The van der Waals surface area contributed by atoms with Gasteiger partial charge in [0.1, 0.15) is 11.6 Å². The van der Waals surface area contributed by atoms with Gasteiger partial charge in [-0.3, -0.25) is 9.36 Å². The van der Waals surface area contributed by atoms with E-state index in [1.807, 2.05) is 29.2 Å². The quantitative estimate of drug-likeness (QED) is 0.899. The van der Waals surface area contributed by atoms with Gasteiger partial charge in [-0.15, -0.1) is 0 Å². The second-order valence-corrected chi connectivity index (χ2v) is 6.45. The van der Waals surface area contributed by atoms with Crippen molar-refractivity contribution in [2.45, 2.75) is 31.2 Å². The van der Waals surface area contributed by atoms with E-state index < -0.39 is 5.41 Å². The number of aromatic amines is 1. The molecule has 0 saturated heterocycles. The number of H-pyrrole nitrogens is 1. The van der Waals surface area contributed by atoms with Crippen LogP contribution in [0, 0.1) is 0 Å². The highest BCUT2D eigenvalue weighted by Gasteiger charge is 2.53. The zero-order valence-electron chi connectivity index (χ0n) is 13.6. The van der Waals surface area contributed by atoms with Gasteiger partial charge in [-0.2, -0.15) is 5.10 Å². The minimum Gasteiger partial charge on any atom is -0.497 e. The third-order valence-electron chi connectivity index (χ3n) is 5.13. The Morgan fingerprint density at radius 3 is 2.62 bits per heavy atom. The van der Waals surface area contributed by atoms with E-state index in [2.05, 4.69) is 10.2 Å². The molecule has 0 radical (unpaired) electrons. The number of fused-ring (bicyclic) bond motifs is 1. The van der Waals surface area contributed by atoms with Gasteiger partial charge in [0, 0.05) is 26.1 Å². The second-order valence-electron chi connectivity index (χ2n) is 6.45.